The van der Waals surface area contributed by atoms with E-state index in [1.807, 2.05) is 26.0 Å². The minimum Gasteiger partial charge on any atom is -0.322 e. The summed E-state index contributed by atoms with van der Waals surface area (Å²) in [7, 11) is -3.83. The molecule has 0 fully saturated rings. The number of anilines is 1. The summed E-state index contributed by atoms with van der Waals surface area (Å²) in [5, 5.41) is 2.84. The second-order valence-electron chi connectivity index (χ2n) is 5.49. The maximum Gasteiger partial charge on any atom is 0.255 e. The first-order valence-corrected chi connectivity index (χ1v) is 9.40. The van der Waals surface area contributed by atoms with Crippen molar-refractivity contribution in [2.24, 2.45) is 0 Å². The average molecular weight is 379 g/mol. The molecule has 0 heterocycles. The number of sulfonamides is 1. The van der Waals surface area contributed by atoms with E-state index in [0.717, 1.165) is 11.1 Å². The Bertz CT molecular complexity index is 924. The van der Waals surface area contributed by atoms with Crippen LogP contribution in [0, 0.1) is 13.8 Å². The summed E-state index contributed by atoms with van der Waals surface area (Å²) in [6, 6.07) is 9.71. The molecule has 0 aliphatic rings. The van der Waals surface area contributed by atoms with Crippen LogP contribution in [0.5, 0.6) is 0 Å². The van der Waals surface area contributed by atoms with E-state index in [2.05, 4.69) is 16.6 Å². The minimum absolute atomic E-state index is 0.0415. The van der Waals surface area contributed by atoms with Crippen molar-refractivity contribution in [3.8, 4) is 0 Å². The molecule has 0 aromatic heterocycles. The summed E-state index contributed by atoms with van der Waals surface area (Å²) in [5.41, 5.74) is 2.87. The van der Waals surface area contributed by atoms with E-state index in [0.29, 0.717) is 5.69 Å². The molecule has 2 aromatic rings. The predicted octanol–water partition coefficient (Wildman–Crippen LogP) is 3.67. The smallest absolute Gasteiger partial charge is 0.255 e. The molecule has 25 heavy (non-hydrogen) atoms. The molecule has 2 rings (SSSR count). The van der Waals surface area contributed by atoms with Crippen LogP contribution in [-0.2, 0) is 10.0 Å². The van der Waals surface area contributed by atoms with Crippen LogP contribution < -0.4 is 10.0 Å². The number of rotatable bonds is 6. The SMILES string of the molecule is C=CCNS(=O)(=O)c1cc(C(=O)Nc2cccc(C)c2C)ccc1Cl. The lowest BCUT2D eigenvalue weighted by Crippen LogP contribution is -2.24. The Kier molecular flexibility index (Phi) is 6.00. The van der Waals surface area contributed by atoms with Gasteiger partial charge in [-0.3, -0.25) is 4.79 Å². The van der Waals surface area contributed by atoms with Gasteiger partial charge in [-0.25, -0.2) is 13.1 Å². The highest BCUT2D eigenvalue weighted by atomic mass is 35.5. The molecule has 0 aliphatic carbocycles. The lowest BCUT2D eigenvalue weighted by Gasteiger charge is -2.12. The minimum atomic E-state index is -3.83. The van der Waals surface area contributed by atoms with Gasteiger partial charge in [0, 0.05) is 17.8 Å². The summed E-state index contributed by atoms with van der Waals surface area (Å²) in [4.78, 5) is 12.3. The van der Waals surface area contributed by atoms with Gasteiger partial charge in [0.15, 0.2) is 0 Å². The number of nitrogens with one attached hydrogen (secondary N) is 2. The van der Waals surface area contributed by atoms with Crippen LogP contribution in [0.25, 0.3) is 0 Å². The van der Waals surface area contributed by atoms with Crippen LogP contribution in [0.15, 0.2) is 53.9 Å². The van der Waals surface area contributed by atoms with Gasteiger partial charge < -0.3 is 5.32 Å². The average Bonchev–Trinajstić information content (AvgIpc) is 2.57. The van der Waals surface area contributed by atoms with E-state index in [1.165, 1.54) is 24.3 Å². The molecule has 132 valence electrons. The Morgan fingerprint density at radius 1 is 1.24 bits per heavy atom. The normalized spacial score (nSPS) is 11.2. The number of benzene rings is 2. The molecule has 0 spiro atoms. The highest BCUT2D eigenvalue weighted by molar-refractivity contribution is 7.89. The molecule has 2 N–H and O–H groups in total. The van der Waals surface area contributed by atoms with Gasteiger partial charge in [0.25, 0.3) is 5.91 Å². The highest BCUT2D eigenvalue weighted by Crippen LogP contribution is 2.24. The third kappa shape index (κ3) is 4.48. The third-order valence-corrected chi connectivity index (χ3v) is 5.66. The lowest BCUT2D eigenvalue weighted by molar-refractivity contribution is 0.102. The van der Waals surface area contributed by atoms with Crippen LogP contribution >= 0.6 is 11.6 Å². The molecular weight excluding hydrogens is 360 g/mol. The van der Waals surface area contributed by atoms with Crippen LogP contribution in [0.3, 0.4) is 0 Å². The number of halogens is 1. The van der Waals surface area contributed by atoms with Crippen LogP contribution in [0.2, 0.25) is 5.02 Å². The zero-order valence-electron chi connectivity index (χ0n) is 14.0. The lowest BCUT2D eigenvalue weighted by atomic mass is 10.1. The van der Waals surface area contributed by atoms with Crippen molar-refractivity contribution in [3.63, 3.8) is 0 Å². The number of carbonyl (C=O) groups is 1. The maximum absolute atomic E-state index is 12.5. The van der Waals surface area contributed by atoms with E-state index < -0.39 is 15.9 Å². The second-order valence-corrected chi connectivity index (χ2v) is 7.63. The van der Waals surface area contributed by atoms with Gasteiger partial charge in [-0.05, 0) is 49.2 Å². The molecule has 2 aromatic carbocycles. The van der Waals surface area contributed by atoms with E-state index in [4.69, 9.17) is 11.6 Å². The van der Waals surface area contributed by atoms with Gasteiger partial charge in [0.05, 0.1) is 5.02 Å². The quantitative estimate of drug-likeness (QED) is 0.753. The van der Waals surface area contributed by atoms with Crippen molar-refractivity contribution in [1.82, 2.24) is 4.72 Å². The highest BCUT2D eigenvalue weighted by Gasteiger charge is 2.19. The Balaban J connectivity index is 2.34. The van der Waals surface area contributed by atoms with Crippen molar-refractivity contribution < 1.29 is 13.2 Å². The topological polar surface area (TPSA) is 75.3 Å². The van der Waals surface area contributed by atoms with Crippen molar-refractivity contribution >= 4 is 33.2 Å². The summed E-state index contributed by atoms with van der Waals surface area (Å²) < 4.78 is 26.9. The zero-order valence-corrected chi connectivity index (χ0v) is 15.5. The molecule has 0 aliphatic heterocycles. The Morgan fingerprint density at radius 3 is 2.64 bits per heavy atom. The Hall–Kier alpha value is -2.15. The predicted molar refractivity (Wildman–Crippen MR) is 101 cm³/mol. The third-order valence-electron chi connectivity index (χ3n) is 3.75. The monoisotopic (exact) mass is 378 g/mol. The van der Waals surface area contributed by atoms with Crippen LogP contribution in [0.1, 0.15) is 21.5 Å². The molecule has 0 unspecified atom stereocenters. The summed E-state index contributed by atoms with van der Waals surface area (Å²) in [6.07, 6.45) is 1.42. The van der Waals surface area contributed by atoms with E-state index >= 15 is 0 Å². The van der Waals surface area contributed by atoms with E-state index in [1.54, 1.807) is 6.07 Å². The Morgan fingerprint density at radius 2 is 1.96 bits per heavy atom. The first kappa shape index (κ1) is 19.2. The molecule has 1 amide bonds. The standard InChI is InChI=1S/C18H19ClN2O3S/c1-4-10-20-25(23,24)17-11-14(8-9-15(17)19)18(22)21-16-7-5-6-12(2)13(16)3/h4-9,11,20H,1,10H2,2-3H3,(H,21,22). The fourth-order valence-corrected chi connectivity index (χ4v) is 3.70. The molecule has 0 bridgehead atoms. The molecule has 0 atom stereocenters. The molecule has 7 heteroatoms. The molecule has 0 saturated carbocycles. The van der Waals surface area contributed by atoms with Crippen molar-refractivity contribution in [1.29, 1.82) is 0 Å². The van der Waals surface area contributed by atoms with Crippen molar-refractivity contribution in [3.05, 3.63) is 70.8 Å². The number of hydrogen-bond acceptors (Lipinski definition) is 3. The number of amides is 1. The summed E-state index contributed by atoms with van der Waals surface area (Å²) in [6.45, 7) is 7.38. The van der Waals surface area contributed by atoms with E-state index in [9.17, 15) is 13.2 Å². The van der Waals surface area contributed by atoms with Crippen molar-refractivity contribution in [2.75, 3.05) is 11.9 Å². The first-order chi connectivity index (χ1) is 11.8. The number of hydrogen-bond donors (Lipinski definition) is 2. The molecular formula is C18H19ClN2O3S. The van der Waals surface area contributed by atoms with Crippen LogP contribution in [-0.4, -0.2) is 20.9 Å². The number of carbonyl (C=O) groups excluding carboxylic acids is 1. The fourth-order valence-electron chi connectivity index (χ4n) is 2.18. The van der Waals surface area contributed by atoms with Gasteiger partial charge >= 0.3 is 0 Å². The van der Waals surface area contributed by atoms with Gasteiger partial charge in [0.1, 0.15) is 4.90 Å². The summed E-state index contributed by atoms with van der Waals surface area (Å²) in [5.74, 6) is -0.412. The van der Waals surface area contributed by atoms with E-state index in [-0.39, 0.29) is 22.0 Å². The van der Waals surface area contributed by atoms with Gasteiger partial charge in [-0.15, -0.1) is 6.58 Å². The molecule has 0 saturated heterocycles. The van der Waals surface area contributed by atoms with Gasteiger partial charge in [0.2, 0.25) is 10.0 Å². The summed E-state index contributed by atoms with van der Waals surface area (Å²) >= 11 is 5.99. The largest absolute Gasteiger partial charge is 0.322 e. The van der Waals surface area contributed by atoms with Crippen molar-refractivity contribution in [2.45, 2.75) is 18.7 Å². The number of aryl methyl sites for hydroxylation is 1. The maximum atomic E-state index is 12.5. The molecule has 0 radical (unpaired) electrons. The first-order valence-electron chi connectivity index (χ1n) is 7.54. The fraction of sp³-hybridized carbons (Fsp3) is 0.167. The Labute approximate surface area is 152 Å². The van der Waals surface area contributed by atoms with Crippen LogP contribution in [0.4, 0.5) is 5.69 Å². The van der Waals surface area contributed by atoms with Gasteiger partial charge in [-0.2, -0.15) is 0 Å². The molecule has 5 nitrogen and oxygen atoms in total. The van der Waals surface area contributed by atoms with Gasteiger partial charge in [-0.1, -0.05) is 29.8 Å². The zero-order chi connectivity index (χ0) is 18.6. The second kappa shape index (κ2) is 7.82.